The van der Waals surface area contributed by atoms with Crippen LogP contribution in [0.1, 0.15) is 31.1 Å². The van der Waals surface area contributed by atoms with E-state index in [9.17, 15) is 13.2 Å². The second kappa shape index (κ2) is 5.97. The highest BCUT2D eigenvalue weighted by molar-refractivity contribution is 7.89. The van der Waals surface area contributed by atoms with Gasteiger partial charge in [0.15, 0.2) is 0 Å². The van der Waals surface area contributed by atoms with Crippen LogP contribution in [0.5, 0.6) is 0 Å². The first kappa shape index (κ1) is 14.7. The molecular weight excluding hydrogens is 254 g/mol. The molecule has 0 atom stereocenters. The summed E-state index contributed by atoms with van der Waals surface area (Å²) in [5.74, 6) is -0.461. The molecule has 1 aromatic rings. The number of carbonyl (C=O) groups excluding carboxylic acids is 1. The number of sulfonamides is 1. The zero-order valence-electron chi connectivity index (χ0n) is 10.6. The summed E-state index contributed by atoms with van der Waals surface area (Å²) >= 11 is 0. The Bertz CT molecular complexity index is 505. The molecule has 0 saturated heterocycles. The third-order valence-electron chi connectivity index (χ3n) is 2.08. The van der Waals surface area contributed by atoms with Crippen molar-refractivity contribution in [3.63, 3.8) is 0 Å². The first-order chi connectivity index (χ1) is 8.36. The zero-order chi connectivity index (χ0) is 13.8. The first-order valence-corrected chi connectivity index (χ1v) is 7.16. The largest absolute Gasteiger partial charge is 0.459 e. The van der Waals surface area contributed by atoms with Crippen LogP contribution in [0.2, 0.25) is 0 Å². The van der Waals surface area contributed by atoms with Gasteiger partial charge in [0.2, 0.25) is 10.0 Å². The van der Waals surface area contributed by atoms with E-state index in [0.717, 1.165) is 0 Å². The van der Waals surface area contributed by atoms with Gasteiger partial charge in [0.25, 0.3) is 0 Å². The molecule has 0 spiro atoms. The Kier molecular flexibility index (Phi) is 4.86. The topological polar surface area (TPSA) is 72.5 Å². The highest BCUT2D eigenvalue weighted by Gasteiger charge is 2.14. The van der Waals surface area contributed by atoms with Crippen LogP contribution in [0, 0.1) is 0 Å². The van der Waals surface area contributed by atoms with Gasteiger partial charge < -0.3 is 4.74 Å². The maximum Gasteiger partial charge on any atom is 0.338 e. The van der Waals surface area contributed by atoms with Crippen LogP contribution in [0.4, 0.5) is 0 Å². The Morgan fingerprint density at radius 3 is 2.28 bits per heavy atom. The number of esters is 1. The van der Waals surface area contributed by atoms with E-state index in [4.69, 9.17) is 4.74 Å². The van der Waals surface area contributed by atoms with Crippen molar-refractivity contribution in [2.24, 2.45) is 0 Å². The third kappa shape index (κ3) is 3.82. The summed E-state index contributed by atoms with van der Waals surface area (Å²) in [6, 6.07) is 5.65. The lowest BCUT2D eigenvalue weighted by atomic mass is 10.2. The molecule has 0 saturated carbocycles. The monoisotopic (exact) mass is 271 g/mol. The molecule has 0 unspecified atom stereocenters. The van der Waals surface area contributed by atoms with Crippen molar-refractivity contribution in [3.05, 3.63) is 29.8 Å². The Balaban J connectivity index is 2.90. The third-order valence-corrected chi connectivity index (χ3v) is 3.64. The number of rotatable bonds is 5. The number of carbonyl (C=O) groups is 1. The standard InChI is InChI=1S/C12H17NO4S/c1-4-13-18(15,16)11-7-5-10(6-8-11)12(14)17-9(2)3/h5-9,13H,4H2,1-3H3. The van der Waals surface area contributed by atoms with Gasteiger partial charge in [0.05, 0.1) is 16.6 Å². The molecule has 100 valence electrons. The van der Waals surface area contributed by atoms with E-state index in [2.05, 4.69) is 4.72 Å². The maximum absolute atomic E-state index is 11.7. The predicted molar refractivity (Wildman–Crippen MR) is 67.9 cm³/mol. The minimum Gasteiger partial charge on any atom is -0.459 e. The lowest BCUT2D eigenvalue weighted by Crippen LogP contribution is -2.23. The first-order valence-electron chi connectivity index (χ1n) is 5.67. The average molecular weight is 271 g/mol. The summed E-state index contributed by atoms with van der Waals surface area (Å²) < 4.78 is 30.7. The molecule has 0 aromatic heterocycles. The van der Waals surface area contributed by atoms with Crippen LogP contribution in [-0.4, -0.2) is 27.0 Å². The van der Waals surface area contributed by atoms with Crippen molar-refractivity contribution in [2.45, 2.75) is 31.8 Å². The maximum atomic E-state index is 11.7. The molecule has 0 fully saturated rings. The molecule has 0 bridgehead atoms. The minimum absolute atomic E-state index is 0.130. The van der Waals surface area contributed by atoms with Gasteiger partial charge in [-0.3, -0.25) is 0 Å². The molecule has 1 N–H and O–H groups in total. The number of hydrogen-bond donors (Lipinski definition) is 1. The number of benzene rings is 1. The van der Waals surface area contributed by atoms with Gasteiger partial charge in [0.1, 0.15) is 0 Å². The Morgan fingerprint density at radius 1 is 1.28 bits per heavy atom. The Morgan fingerprint density at radius 2 is 1.83 bits per heavy atom. The van der Waals surface area contributed by atoms with Crippen molar-refractivity contribution >= 4 is 16.0 Å². The fourth-order valence-corrected chi connectivity index (χ4v) is 2.37. The van der Waals surface area contributed by atoms with E-state index in [1.54, 1.807) is 20.8 Å². The number of ether oxygens (including phenoxy) is 1. The fourth-order valence-electron chi connectivity index (χ4n) is 1.33. The van der Waals surface area contributed by atoms with E-state index in [1.165, 1.54) is 24.3 Å². The molecule has 0 aliphatic heterocycles. The van der Waals surface area contributed by atoms with Crippen LogP contribution in [0.25, 0.3) is 0 Å². The van der Waals surface area contributed by atoms with Crippen LogP contribution in [0.3, 0.4) is 0 Å². The smallest absolute Gasteiger partial charge is 0.338 e. The average Bonchev–Trinajstić information content (AvgIpc) is 2.28. The van der Waals surface area contributed by atoms with Gasteiger partial charge in [-0.15, -0.1) is 0 Å². The molecule has 0 heterocycles. The predicted octanol–water partition coefficient (Wildman–Crippen LogP) is 1.55. The molecule has 1 rings (SSSR count). The molecular formula is C12H17NO4S. The molecule has 5 nitrogen and oxygen atoms in total. The van der Waals surface area contributed by atoms with Crippen molar-refractivity contribution in [3.8, 4) is 0 Å². The highest BCUT2D eigenvalue weighted by atomic mass is 32.2. The Labute approximate surface area is 107 Å². The van der Waals surface area contributed by atoms with Crippen molar-refractivity contribution < 1.29 is 17.9 Å². The van der Waals surface area contributed by atoms with E-state index in [1.807, 2.05) is 0 Å². The number of hydrogen-bond acceptors (Lipinski definition) is 4. The van der Waals surface area contributed by atoms with E-state index < -0.39 is 16.0 Å². The second-order valence-electron chi connectivity index (χ2n) is 3.98. The lowest BCUT2D eigenvalue weighted by Gasteiger charge is -2.08. The zero-order valence-corrected chi connectivity index (χ0v) is 11.5. The molecule has 0 aliphatic carbocycles. The molecule has 6 heteroatoms. The molecule has 18 heavy (non-hydrogen) atoms. The molecule has 0 amide bonds. The van der Waals surface area contributed by atoms with E-state index in [-0.39, 0.29) is 11.0 Å². The minimum atomic E-state index is -3.48. The lowest BCUT2D eigenvalue weighted by molar-refractivity contribution is 0.0378. The van der Waals surface area contributed by atoms with Crippen molar-refractivity contribution in [1.82, 2.24) is 4.72 Å². The molecule has 1 aromatic carbocycles. The fraction of sp³-hybridized carbons (Fsp3) is 0.417. The van der Waals surface area contributed by atoms with Gasteiger partial charge in [-0.2, -0.15) is 0 Å². The normalized spacial score (nSPS) is 11.6. The van der Waals surface area contributed by atoms with Gasteiger partial charge in [-0.25, -0.2) is 17.9 Å². The van der Waals surface area contributed by atoms with Crippen molar-refractivity contribution in [2.75, 3.05) is 6.54 Å². The number of nitrogens with one attached hydrogen (secondary N) is 1. The Hall–Kier alpha value is -1.40. The SMILES string of the molecule is CCNS(=O)(=O)c1ccc(C(=O)OC(C)C)cc1. The molecule has 0 aliphatic rings. The summed E-state index contributed by atoms with van der Waals surface area (Å²) in [6.45, 7) is 5.52. The van der Waals surface area contributed by atoms with Gasteiger partial charge >= 0.3 is 5.97 Å². The summed E-state index contributed by atoms with van der Waals surface area (Å²) in [7, 11) is -3.48. The highest BCUT2D eigenvalue weighted by Crippen LogP contribution is 2.11. The quantitative estimate of drug-likeness (QED) is 0.825. The van der Waals surface area contributed by atoms with E-state index >= 15 is 0 Å². The summed E-state index contributed by atoms with van der Waals surface area (Å²) in [5, 5.41) is 0. The van der Waals surface area contributed by atoms with Crippen LogP contribution < -0.4 is 4.72 Å². The van der Waals surface area contributed by atoms with Crippen molar-refractivity contribution in [1.29, 1.82) is 0 Å². The molecule has 0 radical (unpaired) electrons. The summed E-state index contributed by atoms with van der Waals surface area (Å²) in [4.78, 5) is 11.7. The van der Waals surface area contributed by atoms with Crippen LogP contribution >= 0.6 is 0 Å². The van der Waals surface area contributed by atoms with Gasteiger partial charge in [0, 0.05) is 6.54 Å². The van der Waals surface area contributed by atoms with Gasteiger partial charge in [-0.1, -0.05) is 6.92 Å². The van der Waals surface area contributed by atoms with Gasteiger partial charge in [-0.05, 0) is 38.1 Å². The summed E-state index contributed by atoms with van der Waals surface area (Å²) in [5.41, 5.74) is 0.333. The van der Waals surface area contributed by atoms with Crippen LogP contribution in [-0.2, 0) is 14.8 Å². The summed E-state index contributed by atoms with van der Waals surface area (Å²) in [6.07, 6.45) is -0.206. The van der Waals surface area contributed by atoms with Crippen LogP contribution in [0.15, 0.2) is 29.2 Å². The second-order valence-corrected chi connectivity index (χ2v) is 5.75. The van der Waals surface area contributed by atoms with E-state index in [0.29, 0.717) is 12.1 Å².